The highest BCUT2D eigenvalue weighted by Gasteiger charge is 2.18. The lowest BCUT2D eigenvalue weighted by Gasteiger charge is -2.24. The van der Waals surface area contributed by atoms with E-state index in [2.05, 4.69) is 34.5 Å². The van der Waals surface area contributed by atoms with Crippen LogP contribution in [0.1, 0.15) is 30.6 Å². The molecule has 4 N–H and O–H groups in total. The molecule has 1 unspecified atom stereocenters. The van der Waals surface area contributed by atoms with E-state index in [0.29, 0.717) is 17.3 Å². The second kappa shape index (κ2) is 7.81. The summed E-state index contributed by atoms with van der Waals surface area (Å²) in [7, 11) is 3.99. The molecule has 6 nitrogen and oxygen atoms in total. The third-order valence-electron chi connectivity index (χ3n) is 2.87. The van der Waals surface area contributed by atoms with Crippen molar-refractivity contribution in [2.75, 3.05) is 26.1 Å². The molecule has 0 aromatic carbocycles. The molecular weight excluding hydrogens is 254 g/mol. The summed E-state index contributed by atoms with van der Waals surface area (Å²) in [5, 5.41) is 3.05. The normalized spacial score (nSPS) is 12.6. The summed E-state index contributed by atoms with van der Waals surface area (Å²) in [4.78, 5) is 18.4. The number of hydrazine groups is 1. The number of hydrogen-bond acceptors (Lipinski definition) is 5. The van der Waals surface area contributed by atoms with Gasteiger partial charge in [-0.15, -0.1) is 0 Å². The van der Waals surface area contributed by atoms with Crippen LogP contribution in [0.15, 0.2) is 18.3 Å². The number of anilines is 1. The standard InChI is InChI=1S/C14H25N5O/c1-10(2)8-11(9-19(3)4)17-14(20)12-6-5-7-16-13(12)18-15/h5-7,10-11H,8-9,15H2,1-4H3,(H,16,18)(H,17,20). The molecule has 20 heavy (non-hydrogen) atoms. The number of carbonyl (C=O) groups is 1. The van der Waals surface area contributed by atoms with Crippen LogP contribution in [0.3, 0.4) is 0 Å². The van der Waals surface area contributed by atoms with E-state index in [0.717, 1.165) is 13.0 Å². The Labute approximate surface area is 120 Å². The predicted molar refractivity (Wildman–Crippen MR) is 81.3 cm³/mol. The molecule has 0 fully saturated rings. The number of nitrogens with one attached hydrogen (secondary N) is 2. The highest BCUT2D eigenvalue weighted by Crippen LogP contribution is 2.12. The molecule has 112 valence electrons. The van der Waals surface area contributed by atoms with Crippen LogP contribution in [0.2, 0.25) is 0 Å². The average Bonchev–Trinajstić information content (AvgIpc) is 2.36. The van der Waals surface area contributed by atoms with Crippen LogP contribution in [0.25, 0.3) is 0 Å². The van der Waals surface area contributed by atoms with Crippen LogP contribution in [0, 0.1) is 5.92 Å². The van der Waals surface area contributed by atoms with Crippen molar-refractivity contribution in [3.63, 3.8) is 0 Å². The van der Waals surface area contributed by atoms with Gasteiger partial charge in [-0.25, -0.2) is 10.8 Å². The van der Waals surface area contributed by atoms with Gasteiger partial charge in [-0.05, 0) is 38.6 Å². The molecule has 6 heteroatoms. The number of carbonyl (C=O) groups excluding carboxylic acids is 1. The van der Waals surface area contributed by atoms with Gasteiger partial charge in [-0.3, -0.25) is 4.79 Å². The van der Waals surface area contributed by atoms with Crippen LogP contribution in [-0.2, 0) is 0 Å². The summed E-state index contributed by atoms with van der Waals surface area (Å²) in [6.45, 7) is 5.09. The molecule has 1 rings (SSSR count). The lowest BCUT2D eigenvalue weighted by Crippen LogP contribution is -2.42. The molecule has 0 aliphatic rings. The number of rotatable bonds is 7. The Bertz CT molecular complexity index is 423. The molecular formula is C14H25N5O. The zero-order chi connectivity index (χ0) is 15.1. The van der Waals surface area contributed by atoms with Gasteiger partial charge in [-0.1, -0.05) is 13.8 Å². The first-order chi connectivity index (χ1) is 9.43. The van der Waals surface area contributed by atoms with Crippen LogP contribution >= 0.6 is 0 Å². The summed E-state index contributed by atoms with van der Waals surface area (Å²) in [6, 6.07) is 3.53. The van der Waals surface area contributed by atoms with Gasteiger partial charge in [0.1, 0.15) is 0 Å². The quantitative estimate of drug-likeness (QED) is 0.514. The van der Waals surface area contributed by atoms with E-state index >= 15 is 0 Å². The molecule has 1 aromatic rings. The van der Waals surface area contributed by atoms with Crippen LogP contribution in [0.4, 0.5) is 5.82 Å². The maximum atomic E-state index is 12.3. The number of nitrogens with zero attached hydrogens (tertiary/aromatic N) is 2. The lowest BCUT2D eigenvalue weighted by molar-refractivity contribution is 0.0925. The Morgan fingerprint density at radius 3 is 2.70 bits per heavy atom. The fourth-order valence-electron chi connectivity index (χ4n) is 2.16. The summed E-state index contributed by atoms with van der Waals surface area (Å²) in [6.07, 6.45) is 2.52. The van der Waals surface area contributed by atoms with Crippen molar-refractivity contribution in [1.29, 1.82) is 0 Å². The molecule has 0 bridgehead atoms. The Hall–Kier alpha value is -1.66. The summed E-state index contributed by atoms with van der Waals surface area (Å²) in [5.74, 6) is 6.13. The molecule has 0 aliphatic heterocycles. The fourth-order valence-corrected chi connectivity index (χ4v) is 2.16. The Morgan fingerprint density at radius 1 is 1.45 bits per heavy atom. The van der Waals surface area contributed by atoms with Gasteiger partial charge in [0.05, 0.1) is 5.56 Å². The van der Waals surface area contributed by atoms with Crippen LogP contribution < -0.4 is 16.6 Å². The first-order valence-electron chi connectivity index (χ1n) is 6.81. The number of likely N-dealkylation sites (N-methyl/N-ethyl adjacent to an activating group) is 1. The van der Waals surface area contributed by atoms with Crippen molar-refractivity contribution < 1.29 is 4.79 Å². The Morgan fingerprint density at radius 2 is 2.15 bits per heavy atom. The smallest absolute Gasteiger partial charge is 0.255 e. The fraction of sp³-hybridized carbons (Fsp3) is 0.571. The number of amides is 1. The minimum atomic E-state index is -0.154. The van der Waals surface area contributed by atoms with Crippen molar-refractivity contribution >= 4 is 11.7 Å². The van der Waals surface area contributed by atoms with Crippen molar-refractivity contribution in [2.45, 2.75) is 26.3 Å². The monoisotopic (exact) mass is 279 g/mol. The Balaban J connectivity index is 2.79. The zero-order valence-electron chi connectivity index (χ0n) is 12.7. The van der Waals surface area contributed by atoms with E-state index in [1.54, 1.807) is 18.3 Å². The maximum Gasteiger partial charge on any atom is 0.255 e. The van der Waals surface area contributed by atoms with E-state index in [1.807, 2.05) is 14.1 Å². The third kappa shape index (κ3) is 5.14. The van der Waals surface area contributed by atoms with E-state index in [-0.39, 0.29) is 11.9 Å². The van der Waals surface area contributed by atoms with Crippen molar-refractivity contribution in [1.82, 2.24) is 15.2 Å². The van der Waals surface area contributed by atoms with Gasteiger partial charge < -0.3 is 15.6 Å². The number of nitrogens with two attached hydrogens (primary N) is 1. The third-order valence-corrected chi connectivity index (χ3v) is 2.87. The SMILES string of the molecule is CC(C)CC(CN(C)C)NC(=O)c1cccnc1NN. The van der Waals surface area contributed by atoms with Gasteiger partial charge in [0, 0.05) is 18.8 Å². The average molecular weight is 279 g/mol. The van der Waals surface area contributed by atoms with E-state index in [1.165, 1.54) is 0 Å². The summed E-state index contributed by atoms with van der Waals surface area (Å²) < 4.78 is 0. The minimum Gasteiger partial charge on any atom is -0.348 e. The van der Waals surface area contributed by atoms with Gasteiger partial charge in [0.25, 0.3) is 5.91 Å². The molecule has 1 atom stereocenters. The molecule has 0 radical (unpaired) electrons. The molecule has 0 aliphatic carbocycles. The second-order valence-corrected chi connectivity index (χ2v) is 5.61. The number of nitrogen functional groups attached to an aromatic ring is 1. The molecule has 1 amide bonds. The first-order valence-corrected chi connectivity index (χ1v) is 6.81. The van der Waals surface area contributed by atoms with Gasteiger partial charge in [0.15, 0.2) is 5.82 Å². The number of hydrogen-bond donors (Lipinski definition) is 3. The molecule has 1 aromatic heterocycles. The van der Waals surface area contributed by atoms with Crippen LogP contribution in [-0.4, -0.2) is 42.5 Å². The molecule has 0 saturated heterocycles. The Kier molecular flexibility index (Phi) is 6.41. The van der Waals surface area contributed by atoms with E-state index < -0.39 is 0 Å². The lowest BCUT2D eigenvalue weighted by atomic mass is 10.0. The zero-order valence-corrected chi connectivity index (χ0v) is 12.7. The number of aromatic nitrogens is 1. The molecule has 1 heterocycles. The minimum absolute atomic E-state index is 0.100. The molecule has 0 spiro atoms. The first kappa shape index (κ1) is 16.4. The highest BCUT2D eigenvalue weighted by atomic mass is 16.1. The van der Waals surface area contributed by atoms with Crippen LogP contribution in [0.5, 0.6) is 0 Å². The van der Waals surface area contributed by atoms with Crippen molar-refractivity contribution in [2.24, 2.45) is 11.8 Å². The maximum absolute atomic E-state index is 12.3. The van der Waals surface area contributed by atoms with Gasteiger partial charge in [-0.2, -0.15) is 0 Å². The van der Waals surface area contributed by atoms with Gasteiger partial charge in [0.2, 0.25) is 0 Å². The van der Waals surface area contributed by atoms with Crippen molar-refractivity contribution in [3.8, 4) is 0 Å². The molecule has 0 saturated carbocycles. The highest BCUT2D eigenvalue weighted by molar-refractivity contribution is 5.98. The second-order valence-electron chi connectivity index (χ2n) is 5.61. The number of pyridine rings is 1. The predicted octanol–water partition coefficient (Wildman–Crippen LogP) is 1.07. The largest absolute Gasteiger partial charge is 0.348 e. The van der Waals surface area contributed by atoms with Gasteiger partial charge >= 0.3 is 0 Å². The van der Waals surface area contributed by atoms with E-state index in [9.17, 15) is 4.79 Å². The van der Waals surface area contributed by atoms with Crippen molar-refractivity contribution in [3.05, 3.63) is 23.9 Å². The summed E-state index contributed by atoms with van der Waals surface area (Å²) in [5.41, 5.74) is 2.91. The topological polar surface area (TPSA) is 83.3 Å². The van der Waals surface area contributed by atoms with E-state index in [4.69, 9.17) is 5.84 Å². The summed E-state index contributed by atoms with van der Waals surface area (Å²) >= 11 is 0.